The molecule has 0 aliphatic carbocycles. The fourth-order valence-corrected chi connectivity index (χ4v) is 5.00. The van der Waals surface area contributed by atoms with Crippen LogP contribution >= 0.6 is 0 Å². The lowest BCUT2D eigenvalue weighted by Gasteiger charge is -2.31. The molecule has 0 spiro atoms. The van der Waals surface area contributed by atoms with Crippen molar-refractivity contribution in [3.63, 3.8) is 0 Å². The fraction of sp³-hybridized carbons (Fsp3) is 0.387. The average Bonchev–Trinajstić information content (AvgIpc) is 3.07. The van der Waals surface area contributed by atoms with Crippen LogP contribution in [0.1, 0.15) is 29.2 Å². The molecule has 0 unspecified atom stereocenters. The van der Waals surface area contributed by atoms with E-state index in [0.29, 0.717) is 18.7 Å². The normalized spacial score (nSPS) is 17.2. The lowest BCUT2D eigenvalue weighted by atomic mass is 9.84. The number of imide groups is 1. The molecule has 46 heavy (non-hydrogen) atoms. The van der Waals surface area contributed by atoms with Crippen molar-refractivity contribution in [3.05, 3.63) is 90.0 Å². The number of nitrogens with one attached hydrogen (secondary N) is 2. The fourth-order valence-electron chi connectivity index (χ4n) is 5.00. The molecule has 4 N–H and O–H groups in total. The van der Waals surface area contributed by atoms with Crippen molar-refractivity contribution in [2.75, 3.05) is 38.3 Å². The van der Waals surface area contributed by atoms with Crippen LogP contribution < -0.4 is 21.3 Å². The number of aryl methyl sites for hydroxylation is 1. The summed E-state index contributed by atoms with van der Waals surface area (Å²) in [5.74, 6) is -1.29. The average molecular weight is 645 g/mol. The second-order valence-corrected chi connectivity index (χ2v) is 10.5. The minimum absolute atomic E-state index is 0.120. The molecule has 0 bridgehead atoms. The Labute approximate surface area is 263 Å². The van der Waals surface area contributed by atoms with Gasteiger partial charge in [0.2, 0.25) is 0 Å². The summed E-state index contributed by atoms with van der Waals surface area (Å²) in [5, 5.41) is 4.77. The molecule has 3 atom stereocenters. The maximum absolute atomic E-state index is 14.0. The molecule has 15 heteroatoms. The van der Waals surface area contributed by atoms with Crippen LogP contribution in [0.4, 0.5) is 28.4 Å². The maximum Gasteiger partial charge on any atom is 0.421 e. The first kappa shape index (κ1) is 34.3. The third-order valence-corrected chi connectivity index (χ3v) is 7.27. The highest BCUT2D eigenvalue weighted by Crippen LogP contribution is 2.30. The van der Waals surface area contributed by atoms with Gasteiger partial charge in [-0.05, 0) is 24.0 Å². The van der Waals surface area contributed by atoms with Gasteiger partial charge in [-0.2, -0.15) is 13.2 Å². The molecule has 0 saturated carbocycles. The Balaban J connectivity index is 1.42. The Bertz CT molecular complexity index is 1400. The summed E-state index contributed by atoms with van der Waals surface area (Å²) in [5.41, 5.74) is 8.71. The summed E-state index contributed by atoms with van der Waals surface area (Å²) in [6.07, 6.45) is -3.64. The summed E-state index contributed by atoms with van der Waals surface area (Å²) < 4.78 is 52.4. The highest BCUT2D eigenvalue weighted by Gasteiger charge is 2.37. The van der Waals surface area contributed by atoms with Crippen molar-refractivity contribution >= 4 is 23.8 Å². The van der Waals surface area contributed by atoms with Gasteiger partial charge in [-0.25, -0.2) is 24.5 Å². The Morgan fingerprint density at radius 2 is 1.76 bits per heavy atom. The predicted molar refractivity (Wildman–Crippen MR) is 160 cm³/mol. The van der Waals surface area contributed by atoms with Gasteiger partial charge in [0.1, 0.15) is 19.5 Å². The van der Waals surface area contributed by atoms with Gasteiger partial charge in [0.05, 0.1) is 49.5 Å². The summed E-state index contributed by atoms with van der Waals surface area (Å²) in [6.45, 7) is -1.19. The number of amides is 3. The van der Waals surface area contributed by atoms with Crippen LogP contribution in [0.25, 0.3) is 0 Å². The lowest BCUT2D eigenvalue weighted by molar-refractivity contribution is -0.124. The molecule has 1 aromatic heterocycles. The Morgan fingerprint density at radius 1 is 1.11 bits per heavy atom. The molecule has 246 valence electrons. The van der Waals surface area contributed by atoms with E-state index in [1.54, 1.807) is 5.32 Å². The number of alkyl carbamates (subject to hydrolysis) is 1. The molecule has 3 amide bonds. The smallest absolute Gasteiger partial charge is 0.421 e. The number of hydrogen-bond donors (Lipinski definition) is 3. The van der Waals surface area contributed by atoms with E-state index < -0.39 is 48.8 Å². The molecule has 4 rings (SSSR count). The monoisotopic (exact) mass is 644 g/mol. The number of ether oxygens (including phenoxy) is 3. The van der Waals surface area contributed by atoms with E-state index in [9.17, 15) is 27.6 Å². The van der Waals surface area contributed by atoms with Gasteiger partial charge in [0.15, 0.2) is 0 Å². The summed E-state index contributed by atoms with van der Waals surface area (Å²) in [6, 6.07) is 16.9. The first-order chi connectivity index (χ1) is 22.1. The maximum atomic E-state index is 14.0. The standard InChI is InChI=1S/C31H35F3N6O6/c1-44-30(43)40(28(41)27(35)26(20-8-4-2-5-9-20)21-10-6-3-7-11-21)25-15-36-19-39-24(25)13-12-23-14-37-22(16-45-23)17-46-29(42)38-18-31(32,33)34/h2-11,15,19,22-23,26-27,37H,12-14,16-18,35H2,1H3,(H,38,42)/t22-,23+,27-/m0/s1. The van der Waals surface area contributed by atoms with Crippen LogP contribution in [0.3, 0.4) is 0 Å². The number of nitrogens with zero attached hydrogens (tertiary/aromatic N) is 3. The second kappa shape index (κ2) is 16.1. The van der Waals surface area contributed by atoms with Crippen molar-refractivity contribution in [1.29, 1.82) is 0 Å². The van der Waals surface area contributed by atoms with Gasteiger partial charge in [0.25, 0.3) is 5.91 Å². The summed E-state index contributed by atoms with van der Waals surface area (Å²) in [7, 11) is 1.16. The van der Waals surface area contributed by atoms with Crippen LogP contribution in [-0.2, 0) is 25.4 Å². The van der Waals surface area contributed by atoms with Gasteiger partial charge in [0, 0.05) is 12.5 Å². The highest BCUT2D eigenvalue weighted by atomic mass is 19.4. The van der Waals surface area contributed by atoms with Crippen LogP contribution in [0.2, 0.25) is 0 Å². The van der Waals surface area contributed by atoms with E-state index in [4.69, 9.17) is 19.9 Å². The number of nitrogens with two attached hydrogens (primary N) is 1. The Morgan fingerprint density at radius 3 is 2.33 bits per heavy atom. The first-order valence-electron chi connectivity index (χ1n) is 14.5. The zero-order valence-corrected chi connectivity index (χ0v) is 25.0. The largest absolute Gasteiger partial charge is 0.452 e. The zero-order valence-electron chi connectivity index (χ0n) is 25.0. The van der Waals surface area contributed by atoms with Crippen molar-refractivity contribution in [2.45, 2.75) is 43.1 Å². The van der Waals surface area contributed by atoms with Gasteiger partial charge in [-0.1, -0.05) is 60.7 Å². The van der Waals surface area contributed by atoms with Crippen molar-refractivity contribution < 1.29 is 41.8 Å². The van der Waals surface area contributed by atoms with Crippen molar-refractivity contribution in [3.8, 4) is 0 Å². The molecular weight excluding hydrogens is 609 g/mol. The third kappa shape index (κ3) is 9.45. The highest BCUT2D eigenvalue weighted by molar-refractivity contribution is 6.14. The number of hydrogen-bond acceptors (Lipinski definition) is 10. The lowest BCUT2D eigenvalue weighted by Crippen LogP contribution is -2.50. The van der Waals surface area contributed by atoms with Crippen molar-refractivity contribution in [1.82, 2.24) is 20.6 Å². The molecule has 2 heterocycles. The number of anilines is 1. The first-order valence-corrected chi connectivity index (χ1v) is 14.5. The van der Waals surface area contributed by atoms with E-state index in [1.165, 1.54) is 12.5 Å². The SMILES string of the molecule is COC(=O)N(C(=O)[C@@H](N)C(c1ccccc1)c1ccccc1)c1cncnc1CC[C@@H]1CN[C@H](COC(=O)NCC(F)(F)F)CO1. The Hall–Kier alpha value is -4.60. The number of carbonyl (C=O) groups is 3. The predicted octanol–water partition coefficient (Wildman–Crippen LogP) is 3.31. The minimum atomic E-state index is -4.54. The number of halogens is 3. The second-order valence-electron chi connectivity index (χ2n) is 10.5. The van der Waals surface area contributed by atoms with Crippen molar-refractivity contribution in [2.24, 2.45) is 5.73 Å². The quantitative estimate of drug-likeness (QED) is 0.283. The number of benzene rings is 2. The van der Waals surface area contributed by atoms with Crippen LogP contribution in [0.15, 0.2) is 73.2 Å². The number of alkyl halides is 3. The number of aromatic nitrogens is 2. The van der Waals surface area contributed by atoms with Gasteiger partial charge >= 0.3 is 18.4 Å². The minimum Gasteiger partial charge on any atom is -0.452 e. The van der Waals surface area contributed by atoms with Crippen LogP contribution in [0.5, 0.6) is 0 Å². The molecule has 1 aliphatic rings. The summed E-state index contributed by atoms with van der Waals surface area (Å²) >= 11 is 0. The molecule has 1 fully saturated rings. The number of rotatable bonds is 11. The van der Waals surface area contributed by atoms with E-state index in [-0.39, 0.29) is 31.4 Å². The van der Waals surface area contributed by atoms with E-state index in [0.717, 1.165) is 23.1 Å². The van der Waals surface area contributed by atoms with Gasteiger partial charge in [-0.3, -0.25) is 4.79 Å². The van der Waals surface area contributed by atoms with Crippen LogP contribution in [0, 0.1) is 0 Å². The summed E-state index contributed by atoms with van der Waals surface area (Å²) in [4.78, 5) is 47.9. The number of methoxy groups -OCH3 is 1. The molecule has 1 aliphatic heterocycles. The zero-order chi connectivity index (χ0) is 33.1. The molecule has 3 aromatic rings. The van der Waals surface area contributed by atoms with E-state index in [2.05, 4.69) is 15.3 Å². The number of carbonyl (C=O) groups excluding carboxylic acids is 3. The third-order valence-electron chi connectivity index (χ3n) is 7.27. The molecule has 12 nitrogen and oxygen atoms in total. The molecule has 1 saturated heterocycles. The molecular formula is C31H35F3N6O6. The number of morpholine rings is 1. The molecule has 0 radical (unpaired) electrons. The van der Waals surface area contributed by atoms with Gasteiger partial charge < -0.3 is 30.6 Å². The molecule has 2 aromatic carbocycles. The van der Waals surface area contributed by atoms with Crippen LogP contribution in [-0.4, -0.2) is 85.8 Å². The van der Waals surface area contributed by atoms with E-state index in [1.807, 2.05) is 60.7 Å². The van der Waals surface area contributed by atoms with Gasteiger partial charge in [-0.15, -0.1) is 0 Å². The Kier molecular flexibility index (Phi) is 12.0. The topological polar surface area (TPSA) is 158 Å². The van der Waals surface area contributed by atoms with E-state index >= 15 is 0 Å².